The Morgan fingerprint density at radius 2 is 1.42 bits per heavy atom. The summed E-state index contributed by atoms with van der Waals surface area (Å²) in [6.45, 7) is 2.86. The van der Waals surface area contributed by atoms with Crippen molar-refractivity contribution in [3.8, 4) is 0 Å². The highest BCUT2D eigenvalue weighted by atomic mass is 16.5. The highest BCUT2D eigenvalue weighted by molar-refractivity contribution is 5.30. The number of benzene rings is 2. The zero-order valence-corrected chi connectivity index (χ0v) is 13.8. The Bertz CT molecular complexity index is 717. The third-order valence-electron chi connectivity index (χ3n) is 4.08. The summed E-state index contributed by atoms with van der Waals surface area (Å²) < 4.78 is 11.8. The van der Waals surface area contributed by atoms with Crippen molar-refractivity contribution < 1.29 is 14.6 Å². The second-order valence-electron chi connectivity index (χ2n) is 5.93. The largest absolute Gasteiger partial charge is 0.493 e. The molecule has 0 bridgehead atoms. The van der Waals surface area contributed by atoms with E-state index in [9.17, 15) is 5.11 Å². The van der Waals surface area contributed by atoms with Gasteiger partial charge in [0.05, 0.1) is 6.10 Å². The molecule has 24 heavy (non-hydrogen) atoms. The molecule has 0 spiro atoms. The first-order valence-electron chi connectivity index (χ1n) is 8.15. The van der Waals surface area contributed by atoms with E-state index in [0.29, 0.717) is 25.4 Å². The maximum Gasteiger partial charge on any atom is 0.124 e. The molecule has 0 aliphatic heterocycles. The maximum absolute atomic E-state index is 10.3. The number of ether oxygens (including phenoxy) is 2. The predicted molar refractivity (Wildman–Crippen MR) is 93.9 cm³/mol. The lowest BCUT2D eigenvalue weighted by atomic mass is 10.0. The normalized spacial score (nSPS) is 17.4. The zero-order valence-electron chi connectivity index (χ0n) is 13.8. The van der Waals surface area contributed by atoms with Gasteiger partial charge < -0.3 is 14.6 Å². The van der Waals surface area contributed by atoms with E-state index in [-0.39, 0.29) is 0 Å². The van der Waals surface area contributed by atoms with Crippen LogP contribution in [0.2, 0.25) is 0 Å². The van der Waals surface area contributed by atoms with Crippen molar-refractivity contribution in [1.29, 1.82) is 0 Å². The maximum atomic E-state index is 10.3. The monoisotopic (exact) mass is 322 g/mol. The number of allylic oxidation sites excluding steroid dienone is 1. The Balaban J connectivity index is 1.65. The highest BCUT2D eigenvalue weighted by Gasteiger charge is 2.21. The Morgan fingerprint density at radius 1 is 0.875 bits per heavy atom. The van der Waals surface area contributed by atoms with E-state index in [2.05, 4.69) is 0 Å². The Morgan fingerprint density at radius 3 is 2.00 bits per heavy atom. The van der Waals surface area contributed by atoms with Crippen molar-refractivity contribution in [2.75, 3.05) is 0 Å². The summed E-state index contributed by atoms with van der Waals surface area (Å²) >= 11 is 0. The van der Waals surface area contributed by atoms with E-state index in [0.717, 1.165) is 22.5 Å². The summed E-state index contributed by atoms with van der Waals surface area (Å²) in [5.74, 6) is 1.45. The first kappa shape index (κ1) is 16.3. The minimum atomic E-state index is -0.563. The van der Waals surface area contributed by atoms with Crippen LogP contribution in [0.5, 0.6) is 0 Å². The molecule has 0 radical (unpaired) electrons. The molecule has 1 N–H and O–H groups in total. The molecule has 0 amide bonds. The number of hydrogen-bond donors (Lipinski definition) is 1. The SMILES string of the molecule is CC1=C(OCc2ccccc2)C=C(OCc2ccccc2)CC1O. The number of rotatable bonds is 6. The molecule has 1 unspecified atom stereocenters. The molecule has 3 nitrogen and oxygen atoms in total. The van der Waals surface area contributed by atoms with E-state index in [4.69, 9.17) is 9.47 Å². The fourth-order valence-electron chi connectivity index (χ4n) is 2.57. The van der Waals surface area contributed by atoms with Crippen LogP contribution in [0.3, 0.4) is 0 Å². The summed E-state index contributed by atoms with van der Waals surface area (Å²) in [6, 6.07) is 20.0. The van der Waals surface area contributed by atoms with Gasteiger partial charge in [-0.2, -0.15) is 0 Å². The van der Waals surface area contributed by atoms with Gasteiger partial charge in [0.25, 0.3) is 0 Å². The molecule has 2 aromatic carbocycles. The fraction of sp³-hybridized carbons (Fsp3) is 0.238. The van der Waals surface area contributed by atoms with Gasteiger partial charge in [-0.15, -0.1) is 0 Å². The molecule has 1 atom stereocenters. The van der Waals surface area contributed by atoms with Crippen LogP contribution in [-0.2, 0) is 22.7 Å². The minimum Gasteiger partial charge on any atom is -0.493 e. The third kappa shape index (κ3) is 4.27. The summed E-state index contributed by atoms with van der Waals surface area (Å²) in [7, 11) is 0. The van der Waals surface area contributed by atoms with Crippen LogP contribution >= 0.6 is 0 Å². The van der Waals surface area contributed by atoms with Crippen LogP contribution in [0.4, 0.5) is 0 Å². The Kier molecular flexibility index (Phi) is 5.34. The smallest absolute Gasteiger partial charge is 0.124 e. The molecule has 1 aliphatic rings. The molecule has 124 valence electrons. The van der Waals surface area contributed by atoms with Crippen molar-refractivity contribution in [3.63, 3.8) is 0 Å². The Labute approximate surface area is 142 Å². The van der Waals surface area contributed by atoms with Gasteiger partial charge in [-0.25, -0.2) is 0 Å². The zero-order chi connectivity index (χ0) is 16.8. The molecular formula is C21H22O3. The second kappa shape index (κ2) is 7.84. The van der Waals surface area contributed by atoms with Crippen LogP contribution in [0.15, 0.2) is 83.8 Å². The van der Waals surface area contributed by atoms with Gasteiger partial charge in [-0.05, 0) is 23.6 Å². The van der Waals surface area contributed by atoms with E-state index in [1.807, 2.05) is 73.7 Å². The summed E-state index contributed by atoms with van der Waals surface area (Å²) in [4.78, 5) is 0. The van der Waals surface area contributed by atoms with Crippen molar-refractivity contribution in [1.82, 2.24) is 0 Å². The molecule has 0 heterocycles. The topological polar surface area (TPSA) is 38.7 Å². The van der Waals surface area contributed by atoms with Crippen LogP contribution in [0, 0.1) is 0 Å². The summed E-state index contributed by atoms with van der Waals surface area (Å²) in [6.07, 6.45) is 1.82. The summed E-state index contributed by atoms with van der Waals surface area (Å²) in [5, 5.41) is 10.3. The van der Waals surface area contributed by atoms with Crippen molar-refractivity contribution in [2.45, 2.75) is 32.7 Å². The first-order valence-corrected chi connectivity index (χ1v) is 8.15. The standard InChI is InChI=1S/C21H22O3/c1-16-20(22)12-19(23-14-17-8-4-2-5-9-17)13-21(16)24-15-18-10-6-3-7-11-18/h2-11,13,20,22H,12,14-15H2,1H3. The number of aliphatic hydroxyl groups is 1. The van der Waals surface area contributed by atoms with Crippen molar-refractivity contribution in [2.24, 2.45) is 0 Å². The van der Waals surface area contributed by atoms with Crippen LogP contribution in [0.1, 0.15) is 24.5 Å². The molecule has 0 aromatic heterocycles. The molecule has 3 heteroatoms. The van der Waals surface area contributed by atoms with E-state index in [1.54, 1.807) is 0 Å². The quantitative estimate of drug-likeness (QED) is 0.859. The minimum absolute atomic E-state index is 0.475. The molecule has 3 rings (SSSR count). The van der Waals surface area contributed by atoms with Gasteiger partial charge in [0.2, 0.25) is 0 Å². The molecule has 1 aliphatic carbocycles. The lowest BCUT2D eigenvalue weighted by Gasteiger charge is -2.23. The lowest BCUT2D eigenvalue weighted by molar-refractivity contribution is 0.122. The van der Waals surface area contributed by atoms with E-state index in [1.165, 1.54) is 0 Å². The van der Waals surface area contributed by atoms with Gasteiger partial charge in [0, 0.05) is 12.5 Å². The molecule has 0 saturated carbocycles. The average molecular weight is 322 g/mol. The average Bonchev–Trinajstić information content (AvgIpc) is 2.63. The first-order chi connectivity index (χ1) is 11.7. The number of hydrogen-bond acceptors (Lipinski definition) is 3. The van der Waals surface area contributed by atoms with Crippen molar-refractivity contribution in [3.05, 3.63) is 95.0 Å². The van der Waals surface area contributed by atoms with E-state index < -0.39 is 6.10 Å². The second-order valence-corrected chi connectivity index (χ2v) is 5.93. The highest BCUT2D eigenvalue weighted by Crippen LogP contribution is 2.27. The van der Waals surface area contributed by atoms with Gasteiger partial charge in [-0.3, -0.25) is 0 Å². The molecule has 2 aromatic rings. The van der Waals surface area contributed by atoms with Crippen LogP contribution < -0.4 is 0 Å². The van der Waals surface area contributed by atoms with E-state index >= 15 is 0 Å². The number of aliphatic hydroxyl groups excluding tert-OH is 1. The molecule has 0 saturated heterocycles. The van der Waals surface area contributed by atoms with Gasteiger partial charge in [0.1, 0.15) is 24.7 Å². The van der Waals surface area contributed by atoms with Crippen molar-refractivity contribution >= 4 is 0 Å². The van der Waals surface area contributed by atoms with Gasteiger partial charge >= 0.3 is 0 Å². The lowest BCUT2D eigenvalue weighted by Crippen LogP contribution is -2.17. The van der Waals surface area contributed by atoms with Gasteiger partial charge in [-0.1, -0.05) is 60.7 Å². The Hall–Kier alpha value is -2.52. The molecular weight excluding hydrogens is 300 g/mol. The predicted octanol–water partition coefficient (Wildman–Crippen LogP) is 4.34. The summed E-state index contributed by atoms with van der Waals surface area (Å²) in [5.41, 5.74) is 3.04. The van der Waals surface area contributed by atoms with Gasteiger partial charge in [0.15, 0.2) is 0 Å². The van der Waals surface area contributed by atoms with Crippen LogP contribution in [-0.4, -0.2) is 11.2 Å². The third-order valence-corrected chi connectivity index (χ3v) is 4.08. The molecule has 0 fully saturated rings. The van der Waals surface area contributed by atoms with Crippen LogP contribution in [0.25, 0.3) is 0 Å². The fourth-order valence-corrected chi connectivity index (χ4v) is 2.57.